The van der Waals surface area contributed by atoms with Crippen molar-refractivity contribution in [3.63, 3.8) is 0 Å². The summed E-state index contributed by atoms with van der Waals surface area (Å²) in [6, 6.07) is 5.41. The van der Waals surface area contributed by atoms with Gasteiger partial charge < -0.3 is 4.42 Å². The quantitative estimate of drug-likeness (QED) is 0.731. The molecule has 1 saturated heterocycles. The molecule has 2 aromatic heterocycles. The summed E-state index contributed by atoms with van der Waals surface area (Å²) in [6.07, 6.45) is 5.93. The number of nitrogens with zero attached hydrogens (tertiary/aromatic N) is 4. The van der Waals surface area contributed by atoms with Crippen LogP contribution in [0.1, 0.15) is 24.4 Å². The zero-order chi connectivity index (χ0) is 16.7. The Balaban J connectivity index is 1.61. The Morgan fingerprint density at radius 2 is 2.29 bits per heavy atom. The molecule has 24 heavy (non-hydrogen) atoms. The summed E-state index contributed by atoms with van der Waals surface area (Å²) in [6.45, 7) is 2.68. The zero-order valence-electron chi connectivity index (χ0n) is 13.5. The van der Waals surface area contributed by atoms with Gasteiger partial charge in [-0.05, 0) is 37.6 Å². The number of piperidine rings is 1. The Kier molecular flexibility index (Phi) is 3.94. The summed E-state index contributed by atoms with van der Waals surface area (Å²) in [5.41, 5.74) is 2.56. The van der Waals surface area contributed by atoms with E-state index < -0.39 is 0 Å². The van der Waals surface area contributed by atoms with Gasteiger partial charge in [0.15, 0.2) is 5.58 Å². The van der Waals surface area contributed by atoms with E-state index in [-0.39, 0.29) is 11.8 Å². The number of halogens is 1. The van der Waals surface area contributed by atoms with Crippen molar-refractivity contribution in [2.45, 2.75) is 25.4 Å². The molecule has 0 amide bonds. The molecule has 1 atom stereocenters. The summed E-state index contributed by atoms with van der Waals surface area (Å²) in [4.78, 5) is 14.7. The van der Waals surface area contributed by atoms with Crippen LogP contribution in [0, 0.1) is 0 Å². The number of benzene rings is 1. The molecule has 0 spiro atoms. The molecule has 0 aliphatic carbocycles. The third-order valence-electron chi connectivity index (χ3n) is 4.58. The lowest BCUT2D eigenvalue weighted by molar-refractivity contribution is 0.168. The third-order valence-corrected chi connectivity index (χ3v) is 4.82. The van der Waals surface area contributed by atoms with E-state index in [9.17, 15) is 4.79 Å². The normalized spacial score (nSPS) is 19.2. The highest BCUT2D eigenvalue weighted by molar-refractivity contribution is 6.31. The molecular formula is C17H19ClN4O2. The minimum Gasteiger partial charge on any atom is -0.408 e. The number of oxazole rings is 1. The minimum atomic E-state index is -0.305. The molecule has 1 aliphatic rings. The first-order valence-electron chi connectivity index (χ1n) is 8.10. The molecule has 0 radical (unpaired) electrons. The maximum atomic E-state index is 12.3. The van der Waals surface area contributed by atoms with Crippen molar-refractivity contribution in [1.82, 2.24) is 19.2 Å². The largest absolute Gasteiger partial charge is 0.420 e. The highest BCUT2D eigenvalue weighted by atomic mass is 35.5. The molecule has 1 aliphatic heterocycles. The molecule has 7 heteroatoms. The lowest BCUT2D eigenvalue weighted by atomic mass is 10.0. The molecule has 1 fully saturated rings. The van der Waals surface area contributed by atoms with E-state index in [1.54, 1.807) is 16.7 Å². The fraction of sp³-hybridized carbons (Fsp3) is 0.412. The van der Waals surface area contributed by atoms with E-state index in [4.69, 9.17) is 16.0 Å². The van der Waals surface area contributed by atoms with E-state index in [0.29, 0.717) is 10.6 Å². The molecule has 0 bridgehead atoms. The number of aryl methyl sites for hydroxylation is 1. The third kappa shape index (κ3) is 2.87. The second kappa shape index (κ2) is 6.11. The van der Waals surface area contributed by atoms with Crippen LogP contribution < -0.4 is 5.76 Å². The SMILES string of the molecule is Cn1cc(CN2CCC[C@@H](n3c(=O)oc4ccc(Cl)cc43)C2)cn1. The van der Waals surface area contributed by atoms with Crippen molar-refractivity contribution >= 4 is 22.7 Å². The van der Waals surface area contributed by atoms with Gasteiger partial charge in [0.2, 0.25) is 0 Å². The number of hydrogen-bond donors (Lipinski definition) is 0. The van der Waals surface area contributed by atoms with Crippen molar-refractivity contribution in [2.75, 3.05) is 13.1 Å². The number of rotatable bonds is 3. The Morgan fingerprint density at radius 1 is 1.42 bits per heavy atom. The van der Waals surface area contributed by atoms with Crippen LogP contribution in [0.25, 0.3) is 11.1 Å². The fourth-order valence-corrected chi connectivity index (χ4v) is 3.72. The standard InChI is InChI=1S/C17H19ClN4O2/c1-20-9-12(8-19-20)10-21-6-2-3-14(11-21)22-15-7-13(18)4-5-16(15)24-17(22)23/h4-5,7-9,14H,2-3,6,10-11H2,1H3/t14-/m1/s1. The zero-order valence-corrected chi connectivity index (χ0v) is 14.2. The monoisotopic (exact) mass is 346 g/mol. The van der Waals surface area contributed by atoms with Gasteiger partial charge in [-0.3, -0.25) is 14.1 Å². The van der Waals surface area contributed by atoms with Crippen LogP contribution in [0.5, 0.6) is 0 Å². The second-order valence-electron chi connectivity index (χ2n) is 6.40. The smallest absolute Gasteiger partial charge is 0.408 e. The summed E-state index contributed by atoms with van der Waals surface area (Å²) in [5, 5.41) is 4.83. The lowest BCUT2D eigenvalue weighted by Crippen LogP contribution is -2.38. The first-order valence-corrected chi connectivity index (χ1v) is 8.48. The number of hydrogen-bond acceptors (Lipinski definition) is 4. The summed E-state index contributed by atoms with van der Waals surface area (Å²) in [5.74, 6) is -0.305. The van der Waals surface area contributed by atoms with Gasteiger partial charge in [-0.15, -0.1) is 0 Å². The molecule has 4 rings (SSSR count). The van der Waals surface area contributed by atoms with Crippen LogP contribution in [-0.4, -0.2) is 32.3 Å². The van der Waals surface area contributed by atoms with Gasteiger partial charge in [-0.25, -0.2) is 4.79 Å². The first-order chi connectivity index (χ1) is 11.6. The van der Waals surface area contributed by atoms with Gasteiger partial charge >= 0.3 is 5.76 Å². The summed E-state index contributed by atoms with van der Waals surface area (Å²) < 4.78 is 8.95. The van der Waals surface area contributed by atoms with Crippen LogP contribution in [-0.2, 0) is 13.6 Å². The Bertz CT molecular complexity index is 926. The molecule has 0 unspecified atom stereocenters. The van der Waals surface area contributed by atoms with Gasteiger partial charge in [-0.2, -0.15) is 5.10 Å². The maximum Gasteiger partial charge on any atom is 0.420 e. The summed E-state index contributed by atoms with van der Waals surface area (Å²) in [7, 11) is 1.92. The minimum absolute atomic E-state index is 0.0997. The molecule has 6 nitrogen and oxygen atoms in total. The molecule has 3 heterocycles. The fourth-order valence-electron chi connectivity index (χ4n) is 3.55. The van der Waals surface area contributed by atoms with E-state index in [1.807, 2.05) is 30.2 Å². The summed E-state index contributed by atoms with van der Waals surface area (Å²) >= 11 is 6.10. The first kappa shape index (κ1) is 15.5. The number of likely N-dealkylation sites (tertiary alicyclic amines) is 1. The van der Waals surface area contributed by atoms with Gasteiger partial charge in [0.25, 0.3) is 0 Å². The van der Waals surface area contributed by atoms with E-state index in [0.717, 1.165) is 38.0 Å². The average Bonchev–Trinajstić information content (AvgIpc) is 3.09. The van der Waals surface area contributed by atoms with E-state index in [2.05, 4.69) is 10.00 Å². The Morgan fingerprint density at radius 3 is 3.08 bits per heavy atom. The van der Waals surface area contributed by atoms with Crippen LogP contribution in [0.3, 0.4) is 0 Å². The van der Waals surface area contributed by atoms with E-state index >= 15 is 0 Å². The highest BCUT2D eigenvalue weighted by Crippen LogP contribution is 2.27. The van der Waals surface area contributed by atoms with Crippen LogP contribution in [0.4, 0.5) is 0 Å². The Labute approximate surface area is 144 Å². The maximum absolute atomic E-state index is 12.3. The van der Waals surface area contributed by atoms with Crippen molar-refractivity contribution < 1.29 is 4.42 Å². The topological polar surface area (TPSA) is 56.2 Å². The van der Waals surface area contributed by atoms with Crippen molar-refractivity contribution in [3.05, 3.63) is 51.7 Å². The van der Waals surface area contributed by atoms with Crippen LogP contribution in [0.2, 0.25) is 5.02 Å². The predicted molar refractivity (Wildman–Crippen MR) is 92.2 cm³/mol. The average molecular weight is 347 g/mol. The van der Waals surface area contributed by atoms with Crippen molar-refractivity contribution in [2.24, 2.45) is 7.05 Å². The lowest BCUT2D eigenvalue weighted by Gasteiger charge is -2.32. The molecule has 0 N–H and O–H groups in total. The van der Waals surface area contributed by atoms with Crippen LogP contribution >= 0.6 is 11.6 Å². The van der Waals surface area contributed by atoms with Crippen LogP contribution in [0.15, 0.2) is 39.8 Å². The highest BCUT2D eigenvalue weighted by Gasteiger charge is 2.25. The number of aromatic nitrogens is 3. The number of fused-ring (bicyclic) bond motifs is 1. The van der Waals surface area contributed by atoms with Crippen molar-refractivity contribution in [1.29, 1.82) is 0 Å². The van der Waals surface area contributed by atoms with Crippen molar-refractivity contribution in [3.8, 4) is 0 Å². The van der Waals surface area contributed by atoms with Gasteiger partial charge in [-0.1, -0.05) is 11.6 Å². The molecule has 0 saturated carbocycles. The predicted octanol–water partition coefficient (Wildman–Crippen LogP) is 2.82. The Hall–Kier alpha value is -2.05. The molecule has 1 aromatic carbocycles. The molecule has 3 aromatic rings. The second-order valence-corrected chi connectivity index (χ2v) is 6.84. The van der Waals surface area contributed by atoms with Gasteiger partial charge in [0.1, 0.15) is 0 Å². The van der Waals surface area contributed by atoms with E-state index in [1.165, 1.54) is 5.56 Å². The van der Waals surface area contributed by atoms with Gasteiger partial charge in [0.05, 0.1) is 17.8 Å². The van der Waals surface area contributed by atoms with Gasteiger partial charge in [0, 0.05) is 36.9 Å². The molecular weight excluding hydrogens is 328 g/mol. The molecule has 126 valence electrons.